The quantitative estimate of drug-likeness (QED) is 0.272. The summed E-state index contributed by atoms with van der Waals surface area (Å²) in [5.74, 6) is -1.47. The Morgan fingerprint density at radius 1 is 0.878 bits per heavy atom. The zero-order chi connectivity index (χ0) is 28.8. The minimum absolute atomic E-state index is 0.112. The predicted octanol–water partition coefficient (Wildman–Crippen LogP) is 4.36. The number of urea groups is 1. The minimum atomic E-state index is -1.44. The number of imide groups is 1. The Labute approximate surface area is 238 Å². The van der Waals surface area contributed by atoms with Gasteiger partial charge in [-0.2, -0.15) is 5.26 Å². The van der Waals surface area contributed by atoms with E-state index in [1.165, 1.54) is 11.9 Å². The number of hydrogen-bond donors (Lipinski definition) is 3. The SMILES string of the molecule is CNC(=O)[C@H](Nc1ccccc1)[C@H](CN1C(=O)NC(c2ccccc2)(c2ccccc2)C1=O)c1cccc(C#N)c1. The van der Waals surface area contributed by atoms with Crippen LogP contribution in [0.3, 0.4) is 0 Å². The first-order valence-electron chi connectivity index (χ1n) is 13.3. The van der Waals surface area contributed by atoms with Gasteiger partial charge in [-0.1, -0.05) is 91.0 Å². The molecule has 1 aliphatic heterocycles. The van der Waals surface area contributed by atoms with Crippen molar-refractivity contribution in [2.45, 2.75) is 17.5 Å². The van der Waals surface area contributed by atoms with Crippen LogP contribution in [0.25, 0.3) is 0 Å². The Morgan fingerprint density at radius 2 is 1.46 bits per heavy atom. The molecule has 2 atom stereocenters. The van der Waals surface area contributed by atoms with Gasteiger partial charge in [0.05, 0.1) is 11.6 Å². The fourth-order valence-electron chi connectivity index (χ4n) is 5.33. The maximum Gasteiger partial charge on any atom is 0.325 e. The molecule has 204 valence electrons. The number of benzene rings is 4. The molecular formula is C33H29N5O3. The zero-order valence-electron chi connectivity index (χ0n) is 22.5. The van der Waals surface area contributed by atoms with Crippen molar-refractivity contribution in [2.24, 2.45) is 0 Å². The molecule has 1 aliphatic rings. The summed E-state index contributed by atoms with van der Waals surface area (Å²) in [5.41, 5.74) is 1.55. The molecule has 0 saturated carbocycles. The predicted molar refractivity (Wildman–Crippen MR) is 156 cm³/mol. The molecule has 4 amide bonds. The second kappa shape index (κ2) is 11.8. The van der Waals surface area contributed by atoms with Gasteiger partial charge < -0.3 is 16.0 Å². The van der Waals surface area contributed by atoms with E-state index < -0.39 is 29.4 Å². The van der Waals surface area contributed by atoms with Crippen molar-refractivity contribution in [1.29, 1.82) is 5.26 Å². The van der Waals surface area contributed by atoms with Gasteiger partial charge >= 0.3 is 6.03 Å². The Kier molecular flexibility index (Phi) is 7.79. The monoisotopic (exact) mass is 543 g/mol. The lowest BCUT2D eigenvalue weighted by Crippen LogP contribution is -2.48. The molecule has 0 bridgehead atoms. The summed E-state index contributed by atoms with van der Waals surface area (Å²) in [6.07, 6.45) is 0. The van der Waals surface area contributed by atoms with Gasteiger partial charge in [0, 0.05) is 25.2 Å². The largest absolute Gasteiger partial charge is 0.373 e. The molecule has 4 aromatic carbocycles. The second-order valence-corrected chi connectivity index (χ2v) is 9.77. The maximum atomic E-state index is 14.4. The fraction of sp³-hybridized carbons (Fsp3) is 0.152. The van der Waals surface area contributed by atoms with E-state index in [1.807, 2.05) is 91.0 Å². The highest BCUT2D eigenvalue weighted by Gasteiger charge is 2.54. The third kappa shape index (κ3) is 5.25. The van der Waals surface area contributed by atoms with Crippen LogP contribution in [0.5, 0.6) is 0 Å². The topological polar surface area (TPSA) is 114 Å². The first-order chi connectivity index (χ1) is 20.0. The van der Waals surface area contributed by atoms with Gasteiger partial charge in [-0.15, -0.1) is 0 Å². The summed E-state index contributed by atoms with van der Waals surface area (Å²) in [6, 6.07) is 35.1. The molecule has 1 fully saturated rings. The highest BCUT2D eigenvalue weighted by molar-refractivity contribution is 6.09. The average molecular weight is 544 g/mol. The van der Waals surface area contributed by atoms with Crippen molar-refractivity contribution in [1.82, 2.24) is 15.5 Å². The van der Waals surface area contributed by atoms with Crippen molar-refractivity contribution in [3.05, 3.63) is 138 Å². The third-order valence-electron chi connectivity index (χ3n) is 7.37. The number of nitrogens with one attached hydrogen (secondary N) is 3. The van der Waals surface area contributed by atoms with Crippen LogP contribution in [-0.4, -0.2) is 42.4 Å². The van der Waals surface area contributed by atoms with Crippen LogP contribution in [0.4, 0.5) is 10.5 Å². The van der Waals surface area contributed by atoms with E-state index in [0.717, 1.165) is 0 Å². The molecule has 3 N–H and O–H groups in total. The smallest absolute Gasteiger partial charge is 0.325 e. The fourth-order valence-corrected chi connectivity index (χ4v) is 5.33. The molecule has 0 radical (unpaired) electrons. The Bertz CT molecular complexity index is 1550. The summed E-state index contributed by atoms with van der Waals surface area (Å²) in [4.78, 5) is 42.6. The molecule has 1 heterocycles. The molecule has 0 aliphatic carbocycles. The van der Waals surface area contributed by atoms with Gasteiger partial charge in [0.2, 0.25) is 5.91 Å². The minimum Gasteiger partial charge on any atom is -0.373 e. The van der Waals surface area contributed by atoms with E-state index in [9.17, 15) is 19.6 Å². The Morgan fingerprint density at radius 3 is 2.02 bits per heavy atom. The molecule has 0 unspecified atom stereocenters. The molecule has 8 heteroatoms. The lowest BCUT2D eigenvalue weighted by atomic mass is 9.82. The maximum absolute atomic E-state index is 14.4. The summed E-state index contributed by atoms with van der Waals surface area (Å²) < 4.78 is 0. The van der Waals surface area contributed by atoms with Crippen molar-refractivity contribution >= 4 is 23.5 Å². The van der Waals surface area contributed by atoms with E-state index in [4.69, 9.17) is 0 Å². The second-order valence-electron chi connectivity index (χ2n) is 9.77. The number of nitriles is 1. The van der Waals surface area contributed by atoms with Crippen LogP contribution in [-0.2, 0) is 15.1 Å². The van der Waals surface area contributed by atoms with Gasteiger partial charge in [0.25, 0.3) is 5.91 Å². The number of carbonyl (C=O) groups is 3. The summed E-state index contributed by atoms with van der Waals surface area (Å²) in [5, 5.41) is 18.6. The number of nitrogens with zero attached hydrogens (tertiary/aromatic N) is 2. The van der Waals surface area contributed by atoms with Gasteiger partial charge in [-0.3, -0.25) is 14.5 Å². The number of carbonyl (C=O) groups excluding carboxylic acids is 3. The van der Waals surface area contributed by atoms with Crippen LogP contribution in [0.2, 0.25) is 0 Å². The van der Waals surface area contributed by atoms with Crippen LogP contribution in [0.15, 0.2) is 115 Å². The molecule has 0 aromatic heterocycles. The lowest BCUT2D eigenvalue weighted by molar-refractivity contribution is -0.131. The normalized spacial score (nSPS) is 15.4. The number of likely N-dealkylation sites (N-methyl/N-ethyl adjacent to an activating group) is 1. The molecule has 4 aromatic rings. The van der Waals surface area contributed by atoms with Gasteiger partial charge in [-0.25, -0.2) is 4.79 Å². The number of para-hydroxylation sites is 1. The number of amides is 4. The Balaban J connectivity index is 1.60. The van der Waals surface area contributed by atoms with Gasteiger partial charge in [0.1, 0.15) is 6.04 Å². The first kappa shape index (κ1) is 27.2. The molecule has 1 saturated heterocycles. The third-order valence-corrected chi connectivity index (χ3v) is 7.37. The molecular weight excluding hydrogens is 514 g/mol. The Hall–Kier alpha value is -5.42. The molecule has 5 rings (SSSR count). The molecule has 41 heavy (non-hydrogen) atoms. The summed E-state index contributed by atoms with van der Waals surface area (Å²) in [7, 11) is 1.54. The van der Waals surface area contributed by atoms with E-state index >= 15 is 0 Å². The van der Waals surface area contributed by atoms with E-state index in [1.54, 1.807) is 24.3 Å². The highest BCUT2D eigenvalue weighted by atomic mass is 16.2. The lowest BCUT2D eigenvalue weighted by Gasteiger charge is -2.31. The molecule has 8 nitrogen and oxygen atoms in total. The van der Waals surface area contributed by atoms with Gasteiger partial charge in [-0.05, 0) is 41.0 Å². The van der Waals surface area contributed by atoms with Gasteiger partial charge in [0.15, 0.2) is 5.54 Å². The standard InChI is InChI=1S/C33H29N5O3/c1-35-30(39)29(36-27-18-9-4-10-19-27)28(24-13-11-12-23(20-24)21-34)22-38-31(40)33(37-32(38)41,25-14-5-2-6-15-25)26-16-7-3-8-17-26/h2-20,28-29,36H,22H2,1H3,(H,35,39)(H,37,41)/t28-,29-/m1/s1. The van der Waals surface area contributed by atoms with Crippen LogP contribution in [0.1, 0.15) is 28.2 Å². The van der Waals surface area contributed by atoms with E-state index in [-0.39, 0.29) is 12.5 Å². The first-order valence-corrected chi connectivity index (χ1v) is 13.3. The van der Waals surface area contributed by atoms with Crippen molar-refractivity contribution < 1.29 is 14.4 Å². The zero-order valence-corrected chi connectivity index (χ0v) is 22.5. The molecule has 0 spiro atoms. The van der Waals surface area contributed by atoms with Crippen molar-refractivity contribution in [2.75, 3.05) is 18.9 Å². The average Bonchev–Trinajstić information content (AvgIpc) is 3.29. The number of anilines is 1. The van der Waals surface area contributed by atoms with E-state index in [2.05, 4.69) is 22.0 Å². The van der Waals surface area contributed by atoms with E-state index in [0.29, 0.717) is 27.9 Å². The van der Waals surface area contributed by atoms with Crippen molar-refractivity contribution in [3.63, 3.8) is 0 Å². The number of hydrogen-bond acceptors (Lipinski definition) is 5. The van der Waals surface area contributed by atoms with Crippen LogP contribution < -0.4 is 16.0 Å². The van der Waals surface area contributed by atoms with Crippen molar-refractivity contribution in [3.8, 4) is 6.07 Å². The number of rotatable bonds is 9. The summed E-state index contributed by atoms with van der Waals surface area (Å²) in [6.45, 7) is -0.112. The summed E-state index contributed by atoms with van der Waals surface area (Å²) >= 11 is 0. The van der Waals surface area contributed by atoms with Crippen LogP contribution in [0, 0.1) is 11.3 Å². The highest BCUT2D eigenvalue weighted by Crippen LogP contribution is 2.37. The van der Waals surface area contributed by atoms with Crippen LogP contribution >= 0.6 is 0 Å².